The Hall–Kier alpha value is -1.09. The van der Waals surface area contributed by atoms with Crippen LogP contribution in [0.5, 0.6) is 0 Å². The van der Waals surface area contributed by atoms with Gasteiger partial charge in [-0.2, -0.15) is 0 Å². The largest absolute Gasteiger partial charge is 0.342 e. The molecule has 1 aliphatic carbocycles. The first-order valence-corrected chi connectivity index (χ1v) is 9.65. The van der Waals surface area contributed by atoms with Gasteiger partial charge in [0.05, 0.1) is 20.6 Å². The Morgan fingerprint density at radius 1 is 1.33 bits per heavy atom. The maximum atomic E-state index is 12.0. The number of allylic oxidation sites excluding steroid dienone is 4. The number of carbonyl (C=O) groups excluding carboxylic acids is 1. The van der Waals surface area contributed by atoms with Crippen LogP contribution >= 0.6 is 0 Å². The molecular weight excluding hydrogens is 296 g/mol. The summed E-state index contributed by atoms with van der Waals surface area (Å²) in [5.41, 5.74) is 3.02. The molecule has 0 aliphatic heterocycles. The van der Waals surface area contributed by atoms with Crippen molar-refractivity contribution in [1.29, 1.82) is 0 Å². The third kappa shape index (κ3) is 8.14. The van der Waals surface area contributed by atoms with Gasteiger partial charge in [0.1, 0.15) is 0 Å². The summed E-state index contributed by atoms with van der Waals surface area (Å²) in [6.45, 7) is 11.4. The molecule has 0 bridgehead atoms. The molecule has 0 aromatic rings. The number of hydrogen-bond donors (Lipinski definition) is 1. The van der Waals surface area contributed by atoms with E-state index >= 15 is 0 Å². The van der Waals surface area contributed by atoms with E-state index in [-0.39, 0.29) is 5.91 Å². The second kappa shape index (κ2) is 10.7. The first kappa shape index (κ1) is 21.0. The number of carbonyl (C=O) groups is 1. The number of nitrogens with zero attached hydrogens (tertiary/aromatic N) is 1. The Labute approximate surface area is 149 Å². The molecule has 0 aromatic heterocycles. The van der Waals surface area contributed by atoms with Gasteiger partial charge in [0.2, 0.25) is 5.91 Å². The Bertz CT molecular complexity index is 447. The minimum absolute atomic E-state index is 0.231. The van der Waals surface area contributed by atoms with Crippen molar-refractivity contribution in [2.75, 3.05) is 33.7 Å². The van der Waals surface area contributed by atoms with Crippen LogP contribution in [0.15, 0.2) is 23.3 Å². The fourth-order valence-corrected chi connectivity index (χ4v) is 3.50. The molecule has 0 heterocycles. The predicted molar refractivity (Wildman–Crippen MR) is 103 cm³/mol. The van der Waals surface area contributed by atoms with Gasteiger partial charge in [0.25, 0.3) is 0 Å². The molecule has 0 spiro atoms. The van der Waals surface area contributed by atoms with Crippen LogP contribution < -0.4 is 4.90 Å². The van der Waals surface area contributed by atoms with Gasteiger partial charge < -0.3 is 9.80 Å². The zero-order valence-corrected chi connectivity index (χ0v) is 16.8. The van der Waals surface area contributed by atoms with Crippen molar-refractivity contribution in [3.05, 3.63) is 23.3 Å². The van der Waals surface area contributed by atoms with E-state index in [1.807, 2.05) is 0 Å². The lowest BCUT2D eigenvalue weighted by Gasteiger charge is -2.33. The quantitative estimate of drug-likeness (QED) is 0.644. The lowest BCUT2D eigenvalue weighted by atomic mass is 9.79. The van der Waals surface area contributed by atoms with Crippen molar-refractivity contribution in [2.24, 2.45) is 11.8 Å². The molecule has 1 N–H and O–H groups in total. The van der Waals surface area contributed by atoms with Gasteiger partial charge in [-0.25, -0.2) is 0 Å². The number of nitrogens with one attached hydrogen (secondary N) is 1. The van der Waals surface area contributed by atoms with E-state index in [0.29, 0.717) is 11.8 Å². The van der Waals surface area contributed by atoms with Crippen LogP contribution in [0.25, 0.3) is 0 Å². The molecule has 0 saturated carbocycles. The highest BCUT2D eigenvalue weighted by Crippen LogP contribution is 2.32. The zero-order chi connectivity index (χ0) is 18.1. The molecule has 0 fully saturated rings. The third-order valence-electron chi connectivity index (χ3n) is 5.12. The SMILES string of the molecule is CC(=O)N(CCC[NH+](C)C)C[C@@H]1CC=C(CCC=C(C)C)C[C@@H]1C. The van der Waals surface area contributed by atoms with Crippen LogP contribution in [0.3, 0.4) is 0 Å². The fourth-order valence-electron chi connectivity index (χ4n) is 3.50. The van der Waals surface area contributed by atoms with Crippen LogP contribution in [-0.2, 0) is 4.79 Å². The lowest BCUT2D eigenvalue weighted by molar-refractivity contribution is -0.858. The van der Waals surface area contributed by atoms with Crippen molar-refractivity contribution >= 4 is 5.91 Å². The van der Waals surface area contributed by atoms with Crippen molar-refractivity contribution in [2.45, 2.75) is 59.8 Å². The molecule has 3 nitrogen and oxygen atoms in total. The first-order valence-electron chi connectivity index (χ1n) is 9.65. The van der Waals surface area contributed by atoms with Gasteiger partial charge in [-0.1, -0.05) is 30.2 Å². The number of hydrogen-bond acceptors (Lipinski definition) is 1. The Kier molecular flexibility index (Phi) is 9.35. The smallest absolute Gasteiger partial charge is 0.219 e. The summed E-state index contributed by atoms with van der Waals surface area (Å²) in [4.78, 5) is 15.5. The van der Waals surface area contributed by atoms with E-state index < -0.39 is 0 Å². The van der Waals surface area contributed by atoms with E-state index in [2.05, 4.69) is 51.9 Å². The van der Waals surface area contributed by atoms with E-state index in [4.69, 9.17) is 0 Å². The van der Waals surface area contributed by atoms with E-state index in [1.54, 1.807) is 12.5 Å². The van der Waals surface area contributed by atoms with Crippen molar-refractivity contribution < 1.29 is 9.69 Å². The highest BCUT2D eigenvalue weighted by Gasteiger charge is 2.25. The van der Waals surface area contributed by atoms with Crippen LogP contribution in [-0.4, -0.2) is 44.5 Å². The second-order valence-corrected chi connectivity index (χ2v) is 8.14. The van der Waals surface area contributed by atoms with Gasteiger partial charge in [-0.15, -0.1) is 0 Å². The zero-order valence-electron chi connectivity index (χ0n) is 16.8. The minimum Gasteiger partial charge on any atom is -0.342 e. The maximum absolute atomic E-state index is 12.0. The first-order chi connectivity index (χ1) is 11.3. The molecule has 0 saturated heterocycles. The van der Waals surface area contributed by atoms with E-state index in [0.717, 1.165) is 38.9 Å². The van der Waals surface area contributed by atoms with Crippen molar-refractivity contribution in [3.8, 4) is 0 Å². The summed E-state index contributed by atoms with van der Waals surface area (Å²) in [7, 11) is 4.34. The summed E-state index contributed by atoms with van der Waals surface area (Å²) in [5.74, 6) is 1.53. The summed E-state index contributed by atoms with van der Waals surface area (Å²) >= 11 is 0. The minimum atomic E-state index is 0.231. The van der Waals surface area contributed by atoms with Crippen LogP contribution in [0.4, 0.5) is 0 Å². The molecule has 1 amide bonds. The molecule has 0 unspecified atom stereocenters. The maximum Gasteiger partial charge on any atom is 0.219 e. The number of amides is 1. The Balaban J connectivity index is 2.50. The molecule has 1 aliphatic rings. The average molecular weight is 336 g/mol. The molecule has 0 aromatic carbocycles. The summed E-state index contributed by atoms with van der Waals surface area (Å²) < 4.78 is 0. The molecule has 2 atom stereocenters. The molecule has 0 radical (unpaired) electrons. The molecule has 138 valence electrons. The molecule has 3 heteroatoms. The van der Waals surface area contributed by atoms with Crippen LogP contribution in [0, 0.1) is 11.8 Å². The van der Waals surface area contributed by atoms with Gasteiger partial charge in [0.15, 0.2) is 0 Å². The van der Waals surface area contributed by atoms with E-state index in [1.165, 1.54) is 23.3 Å². The molecule has 1 rings (SSSR count). The van der Waals surface area contributed by atoms with Gasteiger partial charge in [-0.05, 0) is 51.4 Å². The van der Waals surface area contributed by atoms with Gasteiger partial charge in [-0.3, -0.25) is 4.79 Å². The lowest BCUT2D eigenvalue weighted by Crippen LogP contribution is -3.05. The topological polar surface area (TPSA) is 24.8 Å². The van der Waals surface area contributed by atoms with Crippen LogP contribution in [0.1, 0.15) is 59.8 Å². The van der Waals surface area contributed by atoms with Gasteiger partial charge in [0, 0.05) is 26.4 Å². The van der Waals surface area contributed by atoms with Gasteiger partial charge >= 0.3 is 0 Å². The van der Waals surface area contributed by atoms with Crippen molar-refractivity contribution in [3.63, 3.8) is 0 Å². The predicted octanol–water partition coefficient (Wildman–Crippen LogP) is 3.09. The second-order valence-electron chi connectivity index (χ2n) is 8.14. The standard InChI is InChI=1S/C21H38N2O/c1-17(2)9-7-10-20-11-12-21(18(3)15-20)16-23(19(4)24)14-8-13-22(5)6/h9,11,18,21H,7-8,10,12-16H2,1-6H3/p+1/t18-,21-/m0/s1. The third-order valence-corrected chi connectivity index (χ3v) is 5.12. The summed E-state index contributed by atoms with van der Waals surface area (Å²) in [5, 5.41) is 0. The number of quaternary nitrogens is 1. The summed E-state index contributed by atoms with van der Waals surface area (Å²) in [6.07, 6.45) is 10.6. The normalized spacial score (nSPS) is 20.7. The van der Waals surface area contributed by atoms with Crippen molar-refractivity contribution in [1.82, 2.24) is 4.90 Å². The monoisotopic (exact) mass is 335 g/mol. The summed E-state index contributed by atoms with van der Waals surface area (Å²) in [6, 6.07) is 0. The molecular formula is C21H39N2O+. The fraction of sp³-hybridized carbons (Fsp3) is 0.762. The van der Waals surface area contributed by atoms with Crippen LogP contribution in [0.2, 0.25) is 0 Å². The Morgan fingerprint density at radius 3 is 2.58 bits per heavy atom. The van der Waals surface area contributed by atoms with E-state index in [9.17, 15) is 4.79 Å². The average Bonchev–Trinajstić information content (AvgIpc) is 2.47. The number of rotatable bonds is 9. The molecule has 24 heavy (non-hydrogen) atoms. The highest BCUT2D eigenvalue weighted by molar-refractivity contribution is 5.73. The highest BCUT2D eigenvalue weighted by atomic mass is 16.2. The Morgan fingerprint density at radius 2 is 2.04 bits per heavy atom.